The number of amides is 1. The lowest BCUT2D eigenvalue weighted by Gasteiger charge is -2.12. The van der Waals surface area contributed by atoms with Crippen molar-refractivity contribution in [3.63, 3.8) is 0 Å². The Morgan fingerprint density at radius 2 is 1.77 bits per heavy atom. The third kappa shape index (κ3) is 3.88. The molecule has 5 nitrogen and oxygen atoms in total. The summed E-state index contributed by atoms with van der Waals surface area (Å²) in [6.07, 6.45) is 2.48. The van der Waals surface area contributed by atoms with Crippen molar-refractivity contribution >= 4 is 23.2 Å². The Balaban J connectivity index is 1.80. The van der Waals surface area contributed by atoms with Gasteiger partial charge in [-0.15, -0.1) is 0 Å². The first-order chi connectivity index (χ1) is 12.6. The van der Waals surface area contributed by atoms with Gasteiger partial charge < -0.3 is 10.6 Å². The van der Waals surface area contributed by atoms with Gasteiger partial charge >= 0.3 is 0 Å². The minimum absolute atomic E-state index is 0.257. The molecular formula is C21H22N4O. The van der Waals surface area contributed by atoms with E-state index in [9.17, 15) is 4.79 Å². The number of benzene rings is 2. The number of hydrogen-bond donors (Lipinski definition) is 2. The quantitative estimate of drug-likeness (QED) is 0.705. The zero-order chi connectivity index (χ0) is 18.5. The number of carbonyl (C=O) groups is 1. The normalized spacial score (nSPS) is 10.4. The Kier molecular flexibility index (Phi) is 5.27. The molecule has 0 aliphatic rings. The van der Waals surface area contributed by atoms with E-state index < -0.39 is 0 Å². The van der Waals surface area contributed by atoms with Crippen LogP contribution in [0.4, 0.5) is 17.3 Å². The van der Waals surface area contributed by atoms with Crippen molar-refractivity contribution in [2.45, 2.75) is 27.2 Å². The second kappa shape index (κ2) is 7.78. The average Bonchev–Trinajstić information content (AvgIpc) is 2.66. The Hall–Kier alpha value is -3.21. The zero-order valence-electron chi connectivity index (χ0n) is 15.2. The zero-order valence-corrected chi connectivity index (χ0v) is 15.2. The average molecular weight is 346 g/mol. The molecule has 3 rings (SSSR count). The van der Waals surface area contributed by atoms with Crippen molar-refractivity contribution in [2.24, 2.45) is 0 Å². The summed E-state index contributed by atoms with van der Waals surface area (Å²) in [6, 6.07) is 15.4. The molecule has 2 N–H and O–H groups in total. The van der Waals surface area contributed by atoms with Gasteiger partial charge in [0, 0.05) is 17.6 Å². The first kappa shape index (κ1) is 17.6. The monoisotopic (exact) mass is 346 g/mol. The van der Waals surface area contributed by atoms with Crippen molar-refractivity contribution in [3.05, 3.63) is 77.1 Å². The molecule has 0 saturated heterocycles. The van der Waals surface area contributed by atoms with Gasteiger partial charge in [-0.2, -0.15) is 0 Å². The van der Waals surface area contributed by atoms with Crippen LogP contribution in [-0.4, -0.2) is 15.9 Å². The molecule has 0 spiro atoms. The molecule has 132 valence electrons. The lowest BCUT2D eigenvalue weighted by atomic mass is 10.1. The number of carbonyl (C=O) groups excluding carboxylic acids is 1. The number of para-hydroxylation sites is 1. The molecule has 0 saturated carbocycles. The number of aryl methyl sites for hydroxylation is 2. The second-order valence-corrected chi connectivity index (χ2v) is 6.10. The molecule has 26 heavy (non-hydrogen) atoms. The Labute approximate surface area is 153 Å². The standard InChI is InChI=1S/C21H22N4O/c1-4-16-9-5-6-10-18(16)24-21-22-13-12-19(25-21)20(26)23-17-11-7-8-14(2)15(17)3/h5-13H,4H2,1-3H3,(H,23,26)(H,22,24,25). The van der Waals surface area contributed by atoms with Crippen LogP contribution in [0, 0.1) is 13.8 Å². The van der Waals surface area contributed by atoms with E-state index in [0.29, 0.717) is 11.6 Å². The van der Waals surface area contributed by atoms with Gasteiger partial charge in [0.25, 0.3) is 5.91 Å². The number of anilines is 3. The van der Waals surface area contributed by atoms with Crippen LogP contribution in [0.2, 0.25) is 0 Å². The molecule has 0 fully saturated rings. The molecule has 0 unspecified atom stereocenters. The first-order valence-corrected chi connectivity index (χ1v) is 8.64. The highest BCUT2D eigenvalue weighted by molar-refractivity contribution is 6.03. The summed E-state index contributed by atoms with van der Waals surface area (Å²) < 4.78 is 0. The van der Waals surface area contributed by atoms with Crippen LogP contribution < -0.4 is 10.6 Å². The fourth-order valence-electron chi connectivity index (χ4n) is 2.69. The minimum atomic E-state index is -0.257. The topological polar surface area (TPSA) is 66.9 Å². The second-order valence-electron chi connectivity index (χ2n) is 6.10. The van der Waals surface area contributed by atoms with Crippen LogP contribution in [0.25, 0.3) is 0 Å². The van der Waals surface area contributed by atoms with Crippen molar-refractivity contribution in [1.82, 2.24) is 9.97 Å². The van der Waals surface area contributed by atoms with Crippen molar-refractivity contribution in [3.8, 4) is 0 Å². The van der Waals surface area contributed by atoms with Crippen molar-refractivity contribution in [1.29, 1.82) is 0 Å². The number of rotatable bonds is 5. The number of hydrogen-bond acceptors (Lipinski definition) is 4. The summed E-state index contributed by atoms with van der Waals surface area (Å²) in [6.45, 7) is 6.10. The maximum absolute atomic E-state index is 12.6. The summed E-state index contributed by atoms with van der Waals surface area (Å²) in [4.78, 5) is 21.2. The van der Waals surface area contributed by atoms with E-state index in [2.05, 4.69) is 33.6 Å². The van der Waals surface area contributed by atoms with Gasteiger partial charge in [0.05, 0.1) is 0 Å². The van der Waals surface area contributed by atoms with Crippen LogP contribution in [0.3, 0.4) is 0 Å². The van der Waals surface area contributed by atoms with Crippen LogP contribution in [0.5, 0.6) is 0 Å². The largest absolute Gasteiger partial charge is 0.324 e. The Morgan fingerprint density at radius 3 is 2.58 bits per heavy atom. The molecule has 0 radical (unpaired) electrons. The fourth-order valence-corrected chi connectivity index (χ4v) is 2.69. The van der Waals surface area contributed by atoms with E-state index in [1.165, 1.54) is 5.56 Å². The van der Waals surface area contributed by atoms with Crippen molar-refractivity contribution in [2.75, 3.05) is 10.6 Å². The van der Waals surface area contributed by atoms with E-state index >= 15 is 0 Å². The number of aromatic nitrogens is 2. The SMILES string of the molecule is CCc1ccccc1Nc1nccc(C(=O)Nc2cccc(C)c2C)n1. The fraction of sp³-hybridized carbons (Fsp3) is 0.190. The first-order valence-electron chi connectivity index (χ1n) is 8.64. The van der Waals surface area contributed by atoms with E-state index in [1.807, 2.05) is 50.2 Å². The third-order valence-electron chi connectivity index (χ3n) is 4.39. The van der Waals surface area contributed by atoms with Crippen LogP contribution in [0.1, 0.15) is 34.1 Å². The highest BCUT2D eigenvalue weighted by atomic mass is 16.1. The van der Waals surface area contributed by atoms with Crippen LogP contribution in [0.15, 0.2) is 54.7 Å². The third-order valence-corrected chi connectivity index (χ3v) is 4.39. The minimum Gasteiger partial charge on any atom is -0.324 e. The molecule has 1 amide bonds. The number of nitrogens with zero attached hydrogens (tertiary/aromatic N) is 2. The van der Waals surface area contributed by atoms with Gasteiger partial charge in [0.2, 0.25) is 5.95 Å². The smallest absolute Gasteiger partial charge is 0.274 e. The molecule has 0 aliphatic heterocycles. The maximum Gasteiger partial charge on any atom is 0.274 e. The van der Waals surface area contributed by atoms with Crippen LogP contribution >= 0.6 is 0 Å². The molecular weight excluding hydrogens is 324 g/mol. The molecule has 0 bridgehead atoms. The summed E-state index contributed by atoms with van der Waals surface area (Å²) in [5.41, 5.74) is 5.40. The van der Waals surface area contributed by atoms with Gasteiger partial charge in [-0.05, 0) is 55.2 Å². The predicted molar refractivity (Wildman–Crippen MR) is 105 cm³/mol. The summed E-state index contributed by atoms with van der Waals surface area (Å²) in [5, 5.41) is 6.12. The van der Waals surface area contributed by atoms with Gasteiger partial charge in [-0.25, -0.2) is 9.97 Å². The highest BCUT2D eigenvalue weighted by Crippen LogP contribution is 2.20. The lowest BCUT2D eigenvalue weighted by Crippen LogP contribution is -2.15. The molecule has 2 aromatic carbocycles. The summed E-state index contributed by atoms with van der Waals surface area (Å²) in [5.74, 6) is 0.146. The van der Waals surface area contributed by atoms with Gasteiger partial charge in [0.1, 0.15) is 5.69 Å². The lowest BCUT2D eigenvalue weighted by molar-refractivity contribution is 0.102. The molecule has 3 aromatic rings. The molecule has 1 heterocycles. The Morgan fingerprint density at radius 1 is 1.00 bits per heavy atom. The predicted octanol–water partition coefficient (Wildman–Crippen LogP) is 4.65. The summed E-state index contributed by atoms with van der Waals surface area (Å²) in [7, 11) is 0. The Bertz CT molecular complexity index is 937. The molecule has 0 aliphatic carbocycles. The van der Waals surface area contributed by atoms with E-state index in [1.54, 1.807) is 12.3 Å². The highest BCUT2D eigenvalue weighted by Gasteiger charge is 2.12. The van der Waals surface area contributed by atoms with Gasteiger partial charge in [-0.1, -0.05) is 37.3 Å². The summed E-state index contributed by atoms with van der Waals surface area (Å²) >= 11 is 0. The van der Waals surface area contributed by atoms with Crippen molar-refractivity contribution < 1.29 is 4.79 Å². The van der Waals surface area contributed by atoms with E-state index in [0.717, 1.165) is 28.9 Å². The van der Waals surface area contributed by atoms with Gasteiger partial charge in [0.15, 0.2) is 0 Å². The van der Waals surface area contributed by atoms with Gasteiger partial charge in [-0.3, -0.25) is 4.79 Å². The molecule has 0 atom stereocenters. The van der Waals surface area contributed by atoms with E-state index in [4.69, 9.17) is 0 Å². The molecule has 5 heteroatoms. The maximum atomic E-state index is 12.6. The molecule has 1 aromatic heterocycles. The number of nitrogens with one attached hydrogen (secondary N) is 2. The van der Waals surface area contributed by atoms with Crippen LogP contribution in [-0.2, 0) is 6.42 Å². The van der Waals surface area contributed by atoms with E-state index in [-0.39, 0.29) is 5.91 Å².